The molecule has 0 saturated heterocycles. The summed E-state index contributed by atoms with van der Waals surface area (Å²) in [5.41, 5.74) is 2.10. The molecule has 8 heteroatoms. The van der Waals surface area contributed by atoms with Gasteiger partial charge in [-0.3, -0.25) is 0 Å². The molecule has 0 fully saturated rings. The van der Waals surface area contributed by atoms with Gasteiger partial charge in [-0.05, 0) is 72.9 Å². The fourth-order valence-electron chi connectivity index (χ4n) is 4.08. The van der Waals surface area contributed by atoms with E-state index in [-0.39, 0.29) is 13.2 Å². The fourth-order valence-corrected chi connectivity index (χ4v) is 4.08. The molecule has 4 rings (SSSR count). The predicted molar refractivity (Wildman–Crippen MR) is 156 cm³/mol. The third kappa shape index (κ3) is 8.32. The Hall–Kier alpha value is -4.85. The number of esters is 3. The van der Waals surface area contributed by atoms with Crippen molar-refractivity contribution in [3.05, 3.63) is 91.5 Å². The van der Waals surface area contributed by atoms with E-state index in [1.54, 1.807) is 12.1 Å². The van der Waals surface area contributed by atoms with Gasteiger partial charge in [0, 0.05) is 29.2 Å². The molecule has 0 N–H and O–H groups in total. The van der Waals surface area contributed by atoms with Gasteiger partial charge in [-0.15, -0.1) is 0 Å². The van der Waals surface area contributed by atoms with E-state index in [0.717, 1.165) is 51.6 Å². The van der Waals surface area contributed by atoms with Gasteiger partial charge in [0.2, 0.25) is 0 Å². The van der Waals surface area contributed by atoms with Crippen molar-refractivity contribution in [1.29, 1.82) is 0 Å². The number of carbonyl (C=O) groups is 3. The van der Waals surface area contributed by atoms with Gasteiger partial charge in [0.05, 0.1) is 32.0 Å². The zero-order valence-electron chi connectivity index (χ0n) is 22.8. The van der Waals surface area contributed by atoms with Crippen LogP contribution in [-0.4, -0.2) is 44.3 Å². The Kier molecular flexibility index (Phi) is 10.3. The molecular formula is C33H32O8. The Morgan fingerprint density at radius 3 is 1.98 bits per heavy atom. The summed E-state index contributed by atoms with van der Waals surface area (Å²) in [6.07, 6.45) is 4.90. The number of hydrogen-bond donors (Lipinski definition) is 0. The Balaban J connectivity index is 1.31. The highest BCUT2D eigenvalue weighted by atomic mass is 16.5. The molecule has 0 saturated carbocycles. The van der Waals surface area contributed by atoms with Crippen molar-refractivity contribution in [1.82, 2.24) is 0 Å². The van der Waals surface area contributed by atoms with Crippen molar-refractivity contribution < 1.29 is 37.7 Å². The lowest BCUT2D eigenvalue weighted by molar-refractivity contribution is -0.138. The third-order valence-corrected chi connectivity index (χ3v) is 6.25. The summed E-state index contributed by atoms with van der Waals surface area (Å²) in [5.74, 6) is 0.151. The van der Waals surface area contributed by atoms with Gasteiger partial charge in [-0.2, -0.15) is 0 Å². The molecule has 0 radical (unpaired) electrons. The van der Waals surface area contributed by atoms with Crippen molar-refractivity contribution in [3.8, 4) is 17.1 Å². The minimum Gasteiger partial charge on any atom is -0.493 e. The summed E-state index contributed by atoms with van der Waals surface area (Å²) in [6.45, 7) is 8.05. The second-order valence-electron chi connectivity index (χ2n) is 9.23. The van der Waals surface area contributed by atoms with E-state index in [1.165, 1.54) is 0 Å². The van der Waals surface area contributed by atoms with Gasteiger partial charge in [0.15, 0.2) is 0 Å². The van der Waals surface area contributed by atoms with E-state index >= 15 is 0 Å². The summed E-state index contributed by atoms with van der Waals surface area (Å²) >= 11 is 0. The van der Waals surface area contributed by atoms with Crippen LogP contribution in [0.25, 0.3) is 33.1 Å². The first-order valence-corrected chi connectivity index (χ1v) is 13.4. The molecule has 0 amide bonds. The lowest BCUT2D eigenvalue weighted by atomic mass is 10.0. The molecule has 1 heterocycles. The Labute approximate surface area is 238 Å². The minimum atomic E-state index is -0.462. The van der Waals surface area contributed by atoms with Crippen LogP contribution in [0, 0.1) is 0 Å². The van der Waals surface area contributed by atoms with E-state index in [0.29, 0.717) is 43.8 Å². The highest BCUT2D eigenvalue weighted by Crippen LogP contribution is 2.32. The fraction of sp³-hybridized carbons (Fsp3) is 0.242. The molecule has 41 heavy (non-hydrogen) atoms. The monoisotopic (exact) mass is 556 g/mol. The molecule has 0 aliphatic rings. The molecule has 3 aromatic carbocycles. The highest BCUT2D eigenvalue weighted by Gasteiger charge is 2.11. The van der Waals surface area contributed by atoms with Crippen molar-refractivity contribution in [2.24, 2.45) is 0 Å². The second-order valence-corrected chi connectivity index (χ2v) is 9.23. The van der Waals surface area contributed by atoms with Crippen LogP contribution in [-0.2, 0) is 23.8 Å². The molecule has 0 unspecified atom stereocenters. The van der Waals surface area contributed by atoms with Crippen molar-refractivity contribution >= 4 is 39.6 Å². The van der Waals surface area contributed by atoms with Crippen LogP contribution in [0.4, 0.5) is 0 Å². The molecule has 212 valence electrons. The summed E-state index contributed by atoms with van der Waals surface area (Å²) < 4.78 is 27.2. The van der Waals surface area contributed by atoms with Gasteiger partial charge in [-0.1, -0.05) is 31.4 Å². The number of ether oxygens (including phenoxy) is 4. The largest absolute Gasteiger partial charge is 0.493 e. The Morgan fingerprint density at radius 2 is 1.27 bits per heavy atom. The molecule has 0 aliphatic carbocycles. The highest BCUT2D eigenvalue weighted by molar-refractivity contribution is 5.97. The maximum atomic E-state index is 12.5. The molecule has 0 aliphatic heterocycles. The number of unbranched alkanes of at least 4 members (excludes halogenated alkanes) is 2. The van der Waals surface area contributed by atoms with Gasteiger partial charge in [-0.25, -0.2) is 14.4 Å². The summed E-state index contributed by atoms with van der Waals surface area (Å²) in [7, 11) is 0. The topological polar surface area (TPSA) is 101 Å². The molecule has 0 bridgehead atoms. The average Bonchev–Trinajstić information content (AvgIpc) is 3.43. The van der Waals surface area contributed by atoms with Crippen LogP contribution in [0.1, 0.15) is 36.0 Å². The summed E-state index contributed by atoms with van der Waals surface area (Å²) in [5, 5.41) is 2.83. The van der Waals surface area contributed by atoms with Crippen LogP contribution in [0.3, 0.4) is 0 Å². The van der Waals surface area contributed by atoms with Crippen LogP contribution < -0.4 is 4.74 Å². The Morgan fingerprint density at radius 1 is 0.659 bits per heavy atom. The first kappa shape index (κ1) is 29.1. The van der Waals surface area contributed by atoms with Crippen LogP contribution >= 0.6 is 0 Å². The van der Waals surface area contributed by atoms with Gasteiger partial charge in [0.25, 0.3) is 0 Å². The maximum Gasteiger partial charge on any atom is 0.338 e. The Bertz CT molecular complexity index is 1550. The minimum absolute atomic E-state index is 0.244. The first-order chi connectivity index (χ1) is 20.0. The number of carbonyl (C=O) groups excluding carboxylic acids is 3. The normalized spacial score (nSPS) is 10.7. The average molecular weight is 557 g/mol. The first-order valence-electron chi connectivity index (χ1n) is 13.4. The van der Waals surface area contributed by atoms with E-state index in [4.69, 9.17) is 23.4 Å². The summed E-state index contributed by atoms with van der Waals surface area (Å²) in [6, 6.07) is 19.1. The van der Waals surface area contributed by atoms with E-state index in [9.17, 15) is 14.4 Å². The third-order valence-electron chi connectivity index (χ3n) is 6.25. The molecule has 0 spiro atoms. The molecule has 4 aromatic rings. The standard InChI is InChI=1S/C33H32O8/c1-3-31(34)38-16-6-5-15-37-28-14-13-26-21-29(41-30(26)22-28)25-11-9-24-20-27(12-10-23(24)19-25)33(36)40-18-8-7-17-39-32(35)4-2/h3-4,9-14,19-22H,1-2,5-8,15-18H2. The van der Waals surface area contributed by atoms with Crippen LogP contribution in [0.2, 0.25) is 0 Å². The van der Waals surface area contributed by atoms with Crippen LogP contribution in [0.5, 0.6) is 5.75 Å². The van der Waals surface area contributed by atoms with Crippen molar-refractivity contribution in [2.75, 3.05) is 26.4 Å². The molecule has 1 aromatic heterocycles. The summed E-state index contributed by atoms with van der Waals surface area (Å²) in [4.78, 5) is 34.6. The number of fused-ring (bicyclic) bond motifs is 2. The molecule has 8 nitrogen and oxygen atoms in total. The number of rotatable bonds is 15. The number of hydrogen-bond acceptors (Lipinski definition) is 8. The lowest BCUT2D eigenvalue weighted by Crippen LogP contribution is -2.08. The lowest BCUT2D eigenvalue weighted by Gasteiger charge is -2.07. The zero-order chi connectivity index (χ0) is 29.0. The molecular weight excluding hydrogens is 524 g/mol. The second kappa shape index (κ2) is 14.5. The van der Waals surface area contributed by atoms with Gasteiger partial charge < -0.3 is 23.4 Å². The maximum absolute atomic E-state index is 12.5. The van der Waals surface area contributed by atoms with Gasteiger partial charge >= 0.3 is 17.9 Å². The smallest absolute Gasteiger partial charge is 0.338 e. The number of furan rings is 1. The molecule has 0 atom stereocenters. The van der Waals surface area contributed by atoms with E-state index in [2.05, 4.69) is 13.2 Å². The quantitative estimate of drug-likeness (QED) is 0.0681. The predicted octanol–water partition coefficient (Wildman–Crippen LogP) is 6.81. The van der Waals surface area contributed by atoms with Crippen molar-refractivity contribution in [3.63, 3.8) is 0 Å². The van der Waals surface area contributed by atoms with E-state index < -0.39 is 17.9 Å². The zero-order valence-corrected chi connectivity index (χ0v) is 22.8. The van der Waals surface area contributed by atoms with Crippen LogP contribution in [0.15, 0.2) is 90.4 Å². The van der Waals surface area contributed by atoms with Gasteiger partial charge in [0.1, 0.15) is 17.1 Å². The van der Waals surface area contributed by atoms with E-state index in [1.807, 2.05) is 48.5 Å². The number of benzene rings is 3. The SMILES string of the molecule is C=CC(=O)OCCCCOC(=O)c1ccc2cc(-c3cc4ccc(OCCCCOC(=O)C=C)cc4o3)ccc2c1. The van der Waals surface area contributed by atoms with Crippen molar-refractivity contribution in [2.45, 2.75) is 25.7 Å².